The second-order valence-corrected chi connectivity index (χ2v) is 7.42. The maximum absolute atomic E-state index is 13.1. The number of carbonyl (C=O) groups excluding carboxylic acids is 2. The van der Waals surface area contributed by atoms with Crippen LogP contribution in [0.2, 0.25) is 5.02 Å². The molecule has 0 N–H and O–H groups in total. The van der Waals surface area contributed by atoms with E-state index in [9.17, 15) is 9.59 Å². The van der Waals surface area contributed by atoms with E-state index >= 15 is 0 Å². The molecule has 1 atom stereocenters. The summed E-state index contributed by atoms with van der Waals surface area (Å²) in [6.07, 6.45) is 2.14. The lowest BCUT2D eigenvalue weighted by atomic mass is 9.81. The van der Waals surface area contributed by atoms with Gasteiger partial charge in [-0.25, -0.2) is 0 Å². The van der Waals surface area contributed by atoms with Crippen molar-refractivity contribution in [3.8, 4) is 0 Å². The average molecular weight is 341 g/mol. The van der Waals surface area contributed by atoms with Crippen LogP contribution in [0.4, 0.5) is 0 Å². The maximum Gasteiger partial charge on any atom is 0.261 e. The van der Waals surface area contributed by atoms with Crippen molar-refractivity contribution in [3.63, 3.8) is 0 Å². The molecule has 0 saturated carbocycles. The summed E-state index contributed by atoms with van der Waals surface area (Å²) < 4.78 is 0. The van der Waals surface area contributed by atoms with Crippen LogP contribution in [-0.4, -0.2) is 47.3 Å². The van der Waals surface area contributed by atoms with E-state index in [2.05, 4.69) is 4.90 Å². The summed E-state index contributed by atoms with van der Waals surface area (Å²) in [6, 6.07) is 9.03. The van der Waals surface area contributed by atoms with E-state index in [4.69, 9.17) is 11.6 Å². The fraction of sp³-hybridized carbons (Fsp3) is 0.368. The number of amides is 2. The van der Waals surface area contributed by atoms with Crippen LogP contribution in [-0.2, 0) is 0 Å². The monoisotopic (exact) mass is 340 g/mol. The Hall–Kier alpha value is -1.91. The molecule has 6 rings (SSSR count). The molecule has 0 unspecified atom stereocenters. The first-order valence-electron chi connectivity index (χ1n) is 8.46. The van der Waals surface area contributed by atoms with Crippen molar-refractivity contribution in [1.82, 2.24) is 9.80 Å². The summed E-state index contributed by atoms with van der Waals surface area (Å²) in [6.45, 7) is 2.97. The Bertz CT molecular complexity index is 864. The van der Waals surface area contributed by atoms with Gasteiger partial charge in [-0.05, 0) is 50.0 Å². The third kappa shape index (κ3) is 1.84. The molecule has 0 aliphatic carbocycles. The molecule has 3 fully saturated rings. The topological polar surface area (TPSA) is 40.6 Å². The van der Waals surface area contributed by atoms with E-state index in [0.717, 1.165) is 37.9 Å². The van der Waals surface area contributed by atoms with Crippen LogP contribution in [0.25, 0.3) is 10.8 Å². The summed E-state index contributed by atoms with van der Waals surface area (Å²) in [5.41, 5.74) is 1.20. The Morgan fingerprint density at radius 3 is 2.33 bits per heavy atom. The minimum Gasteiger partial charge on any atom is -0.301 e. The molecule has 0 spiro atoms. The Labute approximate surface area is 145 Å². The molecule has 5 heteroatoms. The summed E-state index contributed by atoms with van der Waals surface area (Å²) in [5.74, 6) is 0.0918. The highest BCUT2D eigenvalue weighted by atomic mass is 35.5. The van der Waals surface area contributed by atoms with Crippen molar-refractivity contribution < 1.29 is 9.59 Å². The van der Waals surface area contributed by atoms with Crippen LogP contribution in [0.3, 0.4) is 0 Å². The average Bonchev–Trinajstić information content (AvgIpc) is 2.62. The minimum atomic E-state index is -0.167. The Morgan fingerprint density at radius 2 is 1.67 bits per heavy atom. The Balaban J connectivity index is 1.67. The van der Waals surface area contributed by atoms with E-state index in [-0.39, 0.29) is 17.9 Å². The van der Waals surface area contributed by atoms with Gasteiger partial charge in [-0.15, -0.1) is 0 Å². The SMILES string of the molecule is O=C1c2cccc3c(Cl)ccc(c23)C(=O)N1[C@@H]1CN2CCC1CC2. The van der Waals surface area contributed by atoms with Crippen LogP contribution in [0.1, 0.15) is 33.6 Å². The maximum atomic E-state index is 13.1. The first-order valence-corrected chi connectivity index (χ1v) is 8.84. The van der Waals surface area contributed by atoms with Crippen molar-refractivity contribution in [3.05, 3.63) is 46.5 Å². The Kier molecular flexibility index (Phi) is 3.03. The summed E-state index contributed by atoms with van der Waals surface area (Å²) in [4.78, 5) is 30.2. The van der Waals surface area contributed by atoms with Crippen LogP contribution >= 0.6 is 11.6 Å². The minimum absolute atomic E-state index is 0.00779. The standard InChI is InChI=1S/C19H17ClN2O2/c20-15-5-4-14-17-12(15)2-1-3-13(17)18(23)22(19(14)24)16-10-21-8-6-11(16)7-9-21/h1-5,11,16H,6-10H2/t16-/m1/s1. The molecule has 2 amide bonds. The first-order chi connectivity index (χ1) is 11.6. The van der Waals surface area contributed by atoms with Gasteiger partial charge in [-0.1, -0.05) is 23.7 Å². The summed E-state index contributed by atoms with van der Waals surface area (Å²) in [7, 11) is 0. The number of fused-ring (bicyclic) bond motifs is 3. The number of benzene rings is 2. The zero-order valence-corrected chi connectivity index (χ0v) is 13.9. The quantitative estimate of drug-likeness (QED) is 0.749. The molecule has 2 aromatic rings. The molecular weight excluding hydrogens is 324 g/mol. The Morgan fingerprint density at radius 1 is 0.958 bits per heavy atom. The molecule has 0 radical (unpaired) electrons. The zero-order valence-electron chi connectivity index (χ0n) is 13.2. The van der Waals surface area contributed by atoms with E-state index in [1.807, 2.05) is 18.2 Å². The number of nitrogens with zero attached hydrogens (tertiary/aromatic N) is 2. The molecule has 2 aromatic carbocycles. The molecule has 4 nitrogen and oxygen atoms in total. The van der Waals surface area contributed by atoms with Crippen molar-refractivity contribution in [2.45, 2.75) is 18.9 Å². The largest absolute Gasteiger partial charge is 0.301 e. The summed E-state index contributed by atoms with van der Waals surface area (Å²) >= 11 is 6.27. The number of halogens is 1. The predicted molar refractivity (Wildman–Crippen MR) is 92.4 cm³/mol. The van der Waals surface area contributed by atoms with Crippen LogP contribution in [0.15, 0.2) is 30.3 Å². The van der Waals surface area contributed by atoms with Gasteiger partial charge in [0.05, 0.1) is 6.04 Å². The van der Waals surface area contributed by atoms with Crippen LogP contribution in [0.5, 0.6) is 0 Å². The lowest BCUT2D eigenvalue weighted by Gasteiger charge is -2.49. The summed E-state index contributed by atoms with van der Waals surface area (Å²) in [5, 5.41) is 2.06. The second-order valence-electron chi connectivity index (χ2n) is 7.01. The smallest absolute Gasteiger partial charge is 0.261 e. The lowest BCUT2D eigenvalue weighted by molar-refractivity contribution is 0.00882. The highest BCUT2D eigenvalue weighted by Gasteiger charge is 2.44. The van der Waals surface area contributed by atoms with E-state index < -0.39 is 0 Å². The van der Waals surface area contributed by atoms with Gasteiger partial charge in [0.1, 0.15) is 0 Å². The van der Waals surface area contributed by atoms with Gasteiger partial charge >= 0.3 is 0 Å². The van der Waals surface area contributed by atoms with Gasteiger partial charge in [-0.3, -0.25) is 14.5 Å². The second kappa shape index (κ2) is 5.04. The third-order valence-electron chi connectivity index (χ3n) is 5.84. The van der Waals surface area contributed by atoms with Gasteiger partial charge in [0.25, 0.3) is 11.8 Å². The number of piperidine rings is 3. The highest BCUT2D eigenvalue weighted by molar-refractivity contribution is 6.38. The number of hydrogen-bond acceptors (Lipinski definition) is 3. The van der Waals surface area contributed by atoms with E-state index in [1.54, 1.807) is 12.1 Å². The number of carbonyl (C=O) groups is 2. The lowest BCUT2D eigenvalue weighted by Crippen LogP contribution is -2.60. The highest BCUT2D eigenvalue weighted by Crippen LogP contribution is 2.38. The third-order valence-corrected chi connectivity index (χ3v) is 6.17. The van der Waals surface area contributed by atoms with Crippen LogP contribution in [0, 0.1) is 5.92 Å². The zero-order chi connectivity index (χ0) is 16.4. The van der Waals surface area contributed by atoms with Crippen molar-refractivity contribution in [2.24, 2.45) is 5.92 Å². The molecule has 2 bridgehead atoms. The predicted octanol–water partition coefficient (Wildman–Crippen LogP) is 3.18. The van der Waals surface area contributed by atoms with Crippen LogP contribution < -0.4 is 0 Å². The van der Waals surface area contributed by atoms with E-state index in [1.165, 1.54) is 4.90 Å². The molecule has 4 aliphatic heterocycles. The van der Waals surface area contributed by atoms with E-state index in [0.29, 0.717) is 27.5 Å². The van der Waals surface area contributed by atoms with Crippen molar-refractivity contribution >= 4 is 34.2 Å². The molecule has 4 heterocycles. The number of rotatable bonds is 1. The van der Waals surface area contributed by atoms with Gasteiger partial charge < -0.3 is 4.90 Å². The van der Waals surface area contributed by atoms with Crippen molar-refractivity contribution in [2.75, 3.05) is 19.6 Å². The number of imide groups is 1. The molecule has 24 heavy (non-hydrogen) atoms. The normalized spacial score (nSPS) is 28.7. The van der Waals surface area contributed by atoms with Gasteiger partial charge in [0, 0.05) is 33.5 Å². The molecule has 4 aliphatic rings. The molecule has 0 aromatic heterocycles. The first kappa shape index (κ1) is 14.4. The fourth-order valence-corrected chi connectivity index (χ4v) is 4.83. The van der Waals surface area contributed by atoms with Crippen molar-refractivity contribution in [1.29, 1.82) is 0 Å². The number of hydrogen-bond donors (Lipinski definition) is 0. The van der Waals surface area contributed by atoms with Gasteiger partial charge in [-0.2, -0.15) is 0 Å². The van der Waals surface area contributed by atoms with Gasteiger partial charge in [0.15, 0.2) is 0 Å². The van der Waals surface area contributed by atoms with Gasteiger partial charge in [0.2, 0.25) is 0 Å². The molecule has 3 saturated heterocycles. The fourth-order valence-electron chi connectivity index (χ4n) is 4.61. The molecule has 122 valence electrons. The molecular formula is C19H17ClN2O2.